The van der Waals surface area contributed by atoms with E-state index < -0.39 is 0 Å². The van der Waals surface area contributed by atoms with Crippen molar-refractivity contribution in [2.24, 2.45) is 5.92 Å². The average Bonchev–Trinajstić information content (AvgIpc) is 3.26. The van der Waals surface area contributed by atoms with Crippen molar-refractivity contribution in [2.75, 3.05) is 18.4 Å². The molecule has 0 bridgehead atoms. The molecule has 0 spiro atoms. The summed E-state index contributed by atoms with van der Waals surface area (Å²) in [5.74, 6) is 0.225. The Morgan fingerprint density at radius 3 is 2.91 bits per heavy atom. The van der Waals surface area contributed by atoms with Gasteiger partial charge in [0.2, 0.25) is 0 Å². The summed E-state index contributed by atoms with van der Waals surface area (Å²) in [7, 11) is 0. The van der Waals surface area contributed by atoms with Crippen molar-refractivity contribution in [1.82, 2.24) is 0 Å². The molecule has 2 heterocycles. The first kappa shape index (κ1) is 14.8. The molecule has 1 amide bonds. The fourth-order valence-corrected chi connectivity index (χ4v) is 4.59. The van der Waals surface area contributed by atoms with Crippen molar-refractivity contribution in [3.8, 4) is 0 Å². The van der Waals surface area contributed by atoms with Gasteiger partial charge in [-0.05, 0) is 36.4 Å². The summed E-state index contributed by atoms with van der Waals surface area (Å²) in [6.45, 7) is 1.39. The number of anilines is 1. The van der Waals surface area contributed by atoms with Gasteiger partial charge in [-0.25, -0.2) is 4.39 Å². The fourth-order valence-electron chi connectivity index (χ4n) is 3.66. The summed E-state index contributed by atoms with van der Waals surface area (Å²) in [5.41, 5.74) is 1.71. The van der Waals surface area contributed by atoms with Crippen molar-refractivity contribution >= 4 is 22.9 Å². The van der Waals surface area contributed by atoms with Crippen LogP contribution in [-0.2, 0) is 11.2 Å². The third kappa shape index (κ3) is 3.03. The SMILES string of the molecule is O=C(C[NH+]1CCc2sccc2[C@H]1C1CC1)Nc1ccccc1F. The Hall–Kier alpha value is -1.72. The summed E-state index contributed by atoms with van der Waals surface area (Å²) < 4.78 is 13.7. The molecule has 1 aromatic heterocycles. The monoisotopic (exact) mass is 331 g/mol. The van der Waals surface area contributed by atoms with Crippen LogP contribution in [-0.4, -0.2) is 19.0 Å². The van der Waals surface area contributed by atoms with E-state index in [4.69, 9.17) is 0 Å². The third-order valence-electron chi connectivity index (χ3n) is 4.86. The van der Waals surface area contributed by atoms with Gasteiger partial charge in [0.05, 0.1) is 12.2 Å². The summed E-state index contributed by atoms with van der Waals surface area (Å²) in [6.07, 6.45) is 3.56. The fraction of sp³-hybridized carbons (Fsp3) is 0.389. The molecule has 0 saturated heterocycles. The highest BCUT2D eigenvalue weighted by atomic mass is 32.1. The van der Waals surface area contributed by atoms with E-state index in [0.29, 0.717) is 18.5 Å². The van der Waals surface area contributed by atoms with Gasteiger partial charge in [0.25, 0.3) is 5.91 Å². The Balaban J connectivity index is 1.48. The van der Waals surface area contributed by atoms with E-state index in [1.807, 2.05) is 11.3 Å². The van der Waals surface area contributed by atoms with Gasteiger partial charge in [0.15, 0.2) is 6.54 Å². The molecule has 1 aliphatic heterocycles. The molecular weight excluding hydrogens is 311 g/mol. The van der Waals surface area contributed by atoms with Crippen LogP contribution in [0.25, 0.3) is 0 Å². The number of thiophene rings is 1. The van der Waals surface area contributed by atoms with Gasteiger partial charge >= 0.3 is 0 Å². The van der Waals surface area contributed by atoms with E-state index in [1.54, 1.807) is 18.2 Å². The molecule has 1 fully saturated rings. The average molecular weight is 331 g/mol. The molecule has 2 N–H and O–H groups in total. The minimum atomic E-state index is -0.381. The van der Waals surface area contributed by atoms with E-state index in [9.17, 15) is 9.18 Å². The number of hydrogen-bond donors (Lipinski definition) is 2. The standard InChI is InChI=1S/C18H19FN2OS/c19-14-3-1-2-4-15(14)20-17(22)11-21-9-7-16-13(8-10-23-16)18(21)12-5-6-12/h1-4,8,10,12,18H,5-7,9,11H2,(H,20,22)/p+1/t18-/m1/s1. The second-order valence-electron chi connectivity index (χ2n) is 6.48. The minimum absolute atomic E-state index is 0.102. The van der Waals surface area contributed by atoms with Gasteiger partial charge in [-0.3, -0.25) is 4.79 Å². The van der Waals surface area contributed by atoms with Crippen LogP contribution in [0.2, 0.25) is 0 Å². The lowest BCUT2D eigenvalue weighted by Crippen LogP contribution is -3.14. The van der Waals surface area contributed by atoms with Crippen molar-refractivity contribution in [2.45, 2.75) is 25.3 Å². The van der Waals surface area contributed by atoms with Crippen LogP contribution in [0.4, 0.5) is 10.1 Å². The van der Waals surface area contributed by atoms with Crippen LogP contribution in [0.1, 0.15) is 29.3 Å². The molecule has 1 unspecified atom stereocenters. The van der Waals surface area contributed by atoms with Crippen LogP contribution in [0.15, 0.2) is 35.7 Å². The zero-order valence-electron chi connectivity index (χ0n) is 12.8. The largest absolute Gasteiger partial charge is 0.320 e. The Labute approximate surface area is 139 Å². The van der Waals surface area contributed by atoms with Gasteiger partial charge in [-0.2, -0.15) is 0 Å². The highest BCUT2D eigenvalue weighted by Crippen LogP contribution is 2.42. The zero-order valence-corrected chi connectivity index (χ0v) is 13.7. The van der Waals surface area contributed by atoms with Gasteiger partial charge in [-0.15, -0.1) is 11.3 Å². The molecule has 1 aromatic carbocycles. The van der Waals surface area contributed by atoms with Crippen molar-refractivity contribution < 1.29 is 14.1 Å². The van der Waals surface area contributed by atoms with E-state index >= 15 is 0 Å². The molecule has 2 aromatic rings. The number of fused-ring (bicyclic) bond motifs is 1. The maximum Gasteiger partial charge on any atom is 0.279 e. The van der Waals surface area contributed by atoms with Crippen LogP contribution in [0.3, 0.4) is 0 Å². The van der Waals surface area contributed by atoms with Gasteiger partial charge < -0.3 is 10.2 Å². The van der Waals surface area contributed by atoms with Gasteiger partial charge in [0.1, 0.15) is 11.9 Å². The van der Waals surface area contributed by atoms with E-state index in [0.717, 1.165) is 13.0 Å². The molecule has 2 atom stereocenters. The van der Waals surface area contributed by atoms with Crippen LogP contribution < -0.4 is 10.2 Å². The third-order valence-corrected chi connectivity index (χ3v) is 5.85. The topological polar surface area (TPSA) is 33.5 Å². The van der Waals surface area contributed by atoms with Crippen molar-refractivity contribution in [3.05, 3.63) is 52.0 Å². The van der Waals surface area contributed by atoms with E-state index in [2.05, 4.69) is 16.8 Å². The lowest BCUT2D eigenvalue weighted by Gasteiger charge is -2.32. The van der Waals surface area contributed by atoms with Crippen LogP contribution in [0.5, 0.6) is 0 Å². The zero-order chi connectivity index (χ0) is 15.8. The number of carbonyl (C=O) groups is 1. The van der Waals surface area contributed by atoms with Gasteiger partial charge in [0, 0.05) is 22.8 Å². The first-order chi connectivity index (χ1) is 11.2. The second-order valence-corrected chi connectivity index (χ2v) is 7.48. The second kappa shape index (κ2) is 6.06. The molecule has 23 heavy (non-hydrogen) atoms. The minimum Gasteiger partial charge on any atom is -0.320 e. The smallest absolute Gasteiger partial charge is 0.279 e. The molecular formula is C18H20FN2OS+. The van der Waals surface area contributed by atoms with E-state index in [-0.39, 0.29) is 17.4 Å². The number of rotatable bonds is 4. The maximum atomic E-state index is 13.7. The van der Waals surface area contributed by atoms with Crippen LogP contribution >= 0.6 is 11.3 Å². The lowest BCUT2D eigenvalue weighted by molar-refractivity contribution is -0.928. The number of benzene rings is 1. The highest BCUT2D eigenvalue weighted by Gasteiger charge is 2.43. The Morgan fingerprint density at radius 1 is 1.30 bits per heavy atom. The molecule has 5 heteroatoms. The molecule has 1 saturated carbocycles. The van der Waals surface area contributed by atoms with E-state index in [1.165, 1.54) is 34.2 Å². The summed E-state index contributed by atoms with van der Waals surface area (Å²) in [6, 6.07) is 9.01. The Kier molecular flexibility index (Phi) is 3.91. The predicted molar refractivity (Wildman–Crippen MR) is 89.2 cm³/mol. The molecule has 3 nitrogen and oxygen atoms in total. The number of quaternary nitrogens is 1. The summed E-state index contributed by atoms with van der Waals surface area (Å²) in [4.78, 5) is 15.2. The normalized spacial score (nSPS) is 23.3. The Bertz CT molecular complexity index is 725. The number of hydrogen-bond acceptors (Lipinski definition) is 2. The number of nitrogens with one attached hydrogen (secondary N) is 2. The molecule has 1 aliphatic carbocycles. The molecule has 2 aliphatic rings. The first-order valence-corrected chi connectivity index (χ1v) is 9.05. The molecule has 0 radical (unpaired) electrons. The van der Waals surface area contributed by atoms with Crippen LogP contribution in [0, 0.1) is 11.7 Å². The summed E-state index contributed by atoms with van der Waals surface area (Å²) in [5, 5.41) is 4.89. The number of halogens is 1. The van der Waals surface area contributed by atoms with Crippen molar-refractivity contribution in [1.29, 1.82) is 0 Å². The number of amides is 1. The first-order valence-electron chi connectivity index (χ1n) is 8.17. The number of para-hydroxylation sites is 1. The highest BCUT2D eigenvalue weighted by molar-refractivity contribution is 7.10. The maximum absolute atomic E-state index is 13.7. The predicted octanol–water partition coefficient (Wildman–Crippen LogP) is 2.42. The molecule has 120 valence electrons. The van der Waals surface area contributed by atoms with Gasteiger partial charge in [-0.1, -0.05) is 12.1 Å². The summed E-state index contributed by atoms with van der Waals surface area (Å²) >= 11 is 1.84. The molecule has 4 rings (SSSR count). The van der Waals surface area contributed by atoms with Crippen molar-refractivity contribution in [3.63, 3.8) is 0 Å². The Morgan fingerprint density at radius 2 is 2.13 bits per heavy atom. The number of carbonyl (C=O) groups excluding carboxylic acids is 1. The lowest BCUT2D eigenvalue weighted by atomic mass is 9.96. The quantitative estimate of drug-likeness (QED) is 0.886.